The molecule has 0 aromatic rings. The van der Waals surface area contributed by atoms with E-state index in [0.717, 1.165) is 18.6 Å². The van der Waals surface area contributed by atoms with E-state index in [4.69, 9.17) is 13.6 Å². The molecule has 0 N–H and O–H groups in total. The molecule has 3 heterocycles. The molecule has 0 unspecified atom stereocenters. The molecule has 0 aliphatic carbocycles. The average molecular weight is 196 g/mol. The Hall–Kier alpha value is 0.460. The van der Waals surface area contributed by atoms with E-state index in [-0.39, 0.29) is 0 Å². The highest BCUT2D eigenvalue weighted by Gasteiger charge is 2.74. The summed E-state index contributed by atoms with van der Waals surface area (Å²) >= 11 is 4.05. The van der Waals surface area contributed by atoms with E-state index in [1.54, 1.807) is 0 Å². The van der Waals surface area contributed by atoms with E-state index in [2.05, 4.69) is 12.6 Å². The summed E-state index contributed by atoms with van der Waals surface area (Å²) in [6, 6.07) is 0. The zero-order valence-electron chi connectivity index (χ0n) is 5.86. The lowest BCUT2D eigenvalue weighted by Crippen LogP contribution is -2.56. The van der Waals surface area contributed by atoms with Crippen LogP contribution >= 0.6 is 20.5 Å². The molecule has 6 heteroatoms. The highest BCUT2D eigenvalue weighted by molar-refractivity contribution is 7.80. The van der Waals surface area contributed by atoms with Crippen molar-refractivity contribution in [3.8, 4) is 0 Å². The Kier molecular flexibility index (Phi) is 1.81. The predicted molar refractivity (Wildman–Crippen MR) is 41.3 cm³/mol. The Bertz CT molecular complexity index is 192. The molecule has 3 fully saturated rings. The van der Waals surface area contributed by atoms with Gasteiger partial charge < -0.3 is 0 Å². The molecule has 4 nitrogen and oxygen atoms in total. The average Bonchev–Trinajstić information content (AvgIpc) is 1.82. The first-order valence-corrected chi connectivity index (χ1v) is 5.61. The van der Waals surface area contributed by atoms with Crippen molar-refractivity contribution in [2.45, 2.75) is 25.2 Å². The van der Waals surface area contributed by atoms with Gasteiger partial charge in [0, 0.05) is 6.42 Å². The van der Waals surface area contributed by atoms with Crippen LogP contribution in [-0.4, -0.2) is 11.7 Å². The second-order valence-electron chi connectivity index (χ2n) is 2.58. The van der Waals surface area contributed by atoms with Crippen molar-refractivity contribution < 1.29 is 18.1 Å². The van der Waals surface area contributed by atoms with Crippen LogP contribution in [0.15, 0.2) is 0 Å². The van der Waals surface area contributed by atoms with Gasteiger partial charge in [0.15, 0.2) is 0 Å². The van der Waals surface area contributed by atoms with Crippen molar-refractivity contribution in [3.63, 3.8) is 0 Å². The molecule has 11 heavy (non-hydrogen) atoms. The van der Waals surface area contributed by atoms with Crippen LogP contribution in [-0.2, 0) is 18.1 Å². The van der Waals surface area contributed by atoms with Gasteiger partial charge in [-0.25, -0.2) is 18.1 Å². The monoisotopic (exact) mass is 196 g/mol. The Labute approximate surface area is 70.2 Å². The van der Waals surface area contributed by atoms with Gasteiger partial charge in [0.05, 0.1) is 0 Å². The van der Waals surface area contributed by atoms with Crippen molar-refractivity contribution in [3.05, 3.63) is 0 Å². The van der Waals surface area contributed by atoms with Crippen LogP contribution in [0, 0.1) is 0 Å². The molecule has 3 rings (SSSR count). The Morgan fingerprint density at radius 2 is 1.91 bits per heavy atom. The van der Waals surface area contributed by atoms with Gasteiger partial charge in [-0.1, -0.05) is 0 Å². The minimum atomic E-state index is -2.96. The van der Waals surface area contributed by atoms with Gasteiger partial charge in [0.1, 0.15) is 0 Å². The predicted octanol–water partition coefficient (Wildman–Crippen LogP) is 1.93. The first kappa shape index (κ1) is 8.08. The second kappa shape index (κ2) is 2.47. The molecular formula is C5H9O4PS. The van der Waals surface area contributed by atoms with Crippen LogP contribution in [0.25, 0.3) is 0 Å². The van der Waals surface area contributed by atoms with Crippen LogP contribution in [0.4, 0.5) is 0 Å². The number of thiol groups is 1. The first-order chi connectivity index (χ1) is 5.18. The molecule has 0 aromatic heterocycles. The van der Waals surface area contributed by atoms with Crippen LogP contribution in [0.5, 0.6) is 0 Å². The van der Waals surface area contributed by atoms with E-state index in [1.165, 1.54) is 0 Å². The summed E-state index contributed by atoms with van der Waals surface area (Å²) < 4.78 is 25.2. The largest absolute Gasteiger partial charge is 0.488 e. The summed E-state index contributed by atoms with van der Waals surface area (Å²) in [7, 11) is -2.96. The lowest BCUT2D eigenvalue weighted by molar-refractivity contribution is -0.430. The lowest BCUT2D eigenvalue weighted by atomic mass is 10.2. The molecule has 0 saturated carbocycles. The van der Waals surface area contributed by atoms with Crippen LogP contribution in [0.2, 0.25) is 0 Å². The molecule has 2 bridgehead atoms. The minimum Gasteiger partial charge on any atom is -0.227 e. The van der Waals surface area contributed by atoms with Gasteiger partial charge in [-0.3, -0.25) is 0 Å². The zero-order chi connectivity index (χ0) is 7.95. The molecule has 64 valence electrons. The lowest BCUT2D eigenvalue weighted by Gasteiger charge is -2.55. The molecule has 0 radical (unpaired) electrons. The zero-order valence-corrected chi connectivity index (χ0v) is 7.64. The maximum Gasteiger partial charge on any atom is 0.488 e. The van der Waals surface area contributed by atoms with Crippen LogP contribution in [0.3, 0.4) is 0 Å². The molecule has 0 aromatic carbocycles. The molecule has 0 atom stereocenters. The summed E-state index contributed by atoms with van der Waals surface area (Å²) in [6.07, 6.45) is 2.56. The van der Waals surface area contributed by atoms with Gasteiger partial charge in [0.2, 0.25) is 0 Å². The Morgan fingerprint density at radius 1 is 1.27 bits per heavy atom. The van der Waals surface area contributed by atoms with E-state index in [1.807, 2.05) is 0 Å². The summed E-state index contributed by atoms with van der Waals surface area (Å²) in [5, 5.41) is 0. The smallest absolute Gasteiger partial charge is 0.227 e. The number of phosphoric ester groups is 1. The standard InChI is InChI=1S/C5H9O4PS/c6-10-7-5(8-10,9-10)3-1-2-4-11/h11H,1-4H2. The van der Waals surface area contributed by atoms with E-state index >= 15 is 0 Å². The van der Waals surface area contributed by atoms with Crippen molar-refractivity contribution in [1.82, 2.24) is 0 Å². The molecular weight excluding hydrogens is 187 g/mol. The van der Waals surface area contributed by atoms with Gasteiger partial charge >= 0.3 is 13.8 Å². The number of phosphoric acid groups is 1. The fraction of sp³-hybridized carbons (Fsp3) is 1.00. The second-order valence-corrected chi connectivity index (χ2v) is 4.47. The van der Waals surface area contributed by atoms with E-state index in [0.29, 0.717) is 6.42 Å². The maximum absolute atomic E-state index is 10.7. The van der Waals surface area contributed by atoms with Crippen molar-refractivity contribution in [2.75, 3.05) is 5.75 Å². The SMILES string of the molecule is O=P12OC(CCCCS)(O1)O2. The first-order valence-electron chi connectivity index (χ1n) is 3.51. The van der Waals surface area contributed by atoms with Gasteiger partial charge in [-0.15, -0.1) is 0 Å². The Morgan fingerprint density at radius 3 is 2.36 bits per heavy atom. The third-order valence-electron chi connectivity index (χ3n) is 1.64. The summed E-state index contributed by atoms with van der Waals surface area (Å²) in [4.78, 5) is 0. The van der Waals surface area contributed by atoms with Crippen molar-refractivity contribution in [1.29, 1.82) is 0 Å². The summed E-state index contributed by atoms with van der Waals surface area (Å²) in [5.74, 6) is -0.0772. The maximum atomic E-state index is 10.7. The molecule has 3 aliphatic rings. The third kappa shape index (κ3) is 1.25. The van der Waals surface area contributed by atoms with E-state index in [9.17, 15) is 4.57 Å². The quantitative estimate of drug-likeness (QED) is 0.424. The molecule has 0 spiro atoms. The van der Waals surface area contributed by atoms with Crippen LogP contribution < -0.4 is 0 Å². The Balaban J connectivity index is 1.70. The summed E-state index contributed by atoms with van der Waals surface area (Å²) in [5.41, 5.74) is 0. The fourth-order valence-corrected chi connectivity index (χ4v) is 2.68. The highest BCUT2D eigenvalue weighted by Crippen LogP contribution is 2.80. The molecule has 3 aliphatic heterocycles. The van der Waals surface area contributed by atoms with Gasteiger partial charge in [-0.2, -0.15) is 12.6 Å². The van der Waals surface area contributed by atoms with Crippen molar-refractivity contribution in [2.24, 2.45) is 0 Å². The van der Waals surface area contributed by atoms with Crippen molar-refractivity contribution >= 4 is 20.5 Å². The van der Waals surface area contributed by atoms with E-state index < -0.39 is 13.8 Å². The molecule has 0 amide bonds. The van der Waals surface area contributed by atoms with Gasteiger partial charge in [0.25, 0.3) is 0 Å². The van der Waals surface area contributed by atoms with Crippen LogP contribution in [0.1, 0.15) is 19.3 Å². The number of unbranched alkanes of at least 4 members (excludes halogenated alkanes) is 1. The minimum absolute atomic E-state index is 0.650. The topological polar surface area (TPSA) is 44.8 Å². The molecule has 3 saturated heterocycles. The number of hydrogen-bond acceptors (Lipinski definition) is 5. The summed E-state index contributed by atoms with van der Waals surface area (Å²) in [6.45, 7) is 0. The number of rotatable bonds is 4. The fourth-order valence-electron chi connectivity index (χ4n) is 1.12. The normalized spacial score (nSPS) is 46.3. The van der Waals surface area contributed by atoms with Gasteiger partial charge in [-0.05, 0) is 18.6 Å². The number of hydrogen-bond donors (Lipinski definition) is 1. The third-order valence-corrected chi connectivity index (χ3v) is 3.47. The highest BCUT2D eigenvalue weighted by atomic mass is 32.1.